The average molecular weight is 555 g/mol. The first-order valence-electron chi connectivity index (χ1n) is 12.0. The molecule has 12 nitrogen and oxygen atoms in total. The number of hydrogen-bond acceptors (Lipinski definition) is 10. The topological polar surface area (TPSA) is 154 Å². The number of carbonyl (C=O) groups is 2. The van der Waals surface area contributed by atoms with Gasteiger partial charge >= 0.3 is 0 Å². The van der Waals surface area contributed by atoms with Crippen LogP contribution in [0.5, 0.6) is 34.5 Å². The summed E-state index contributed by atoms with van der Waals surface area (Å²) < 4.78 is 32.3. The maximum Gasteiger partial charge on any atom is 0.300 e. The Balaban J connectivity index is 0.00000159. The lowest BCUT2D eigenvalue weighted by Gasteiger charge is -2.15. The van der Waals surface area contributed by atoms with E-state index in [4.69, 9.17) is 48.2 Å². The van der Waals surface area contributed by atoms with E-state index < -0.39 is 11.9 Å². The van der Waals surface area contributed by atoms with Crippen LogP contribution in [0.4, 0.5) is 0 Å². The summed E-state index contributed by atoms with van der Waals surface area (Å²) in [5, 5.41) is 21.7. The SMILES string of the molecule is CC(=O)O.CC(=O)O.COc1cc(CNCCCNCc2cc(OC)c(OC)c(OC)c2)cc(OC)c1OC. The van der Waals surface area contributed by atoms with Crippen LogP contribution in [0, 0.1) is 0 Å². The molecule has 0 saturated heterocycles. The summed E-state index contributed by atoms with van der Waals surface area (Å²) >= 11 is 0. The van der Waals surface area contributed by atoms with Crippen LogP contribution in [0.2, 0.25) is 0 Å². The van der Waals surface area contributed by atoms with E-state index in [0.717, 1.165) is 44.5 Å². The Bertz CT molecular complexity index is 877. The fourth-order valence-corrected chi connectivity index (χ4v) is 3.28. The molecule has 0 aromatic heterocycles. The van der Waals surface area contributed by atoms with Crippen molar-refractivity contribution in [3.8, 4) is 34.5 Å². The van der Waals surface area contributed by atoms with Crippen LogP contribution in [-0.4, -0.2) is 77.9 Å². The quantitative estimate of drug-likeness (QED) is 0.254. The molecule has 0 saturated carbocycles. The van der Waals surface area contributed by atoms with Gasteiger partial charge in [-0.05, 0) is 54.9 Å². The van der Waals surface area contributed by atoms with Gasteiger partial charge in [0, 0.05) is 26.9 Å². The molecule has 0 spiro atoms. The van der Waals surface area contributed by atoms with E-state index >= 15 is 0 Å². The zero-order chi connectivity index (χ0) is 29.8. The molecule has 0 aliphatic rings. The van der Waals surface area contributed by atoms with Crippen molar-refractivity contribution < 1.29 is 48.2 Å². The second-order valence-electron chi connectivity index (χ2n) is 7.81. The number of aliphatic carboxylic acids is 2. The Hall–Kier alpha value is -3.90. The van der Waals surface area contributed by atoms with Crippen LogP contribution in [0.1, 0.15) is 31.4 Å². The van der Waals surface area contributed by atoms with Crippen molar-refractivity contribution >= 4 is 11.9 Å². The van der Waals surface area contributed by atoms with Crippen molar-refractivity contribution in [1.29, 1.82) is 0 Å². The minimum Gasteiger partial charge on any atom is -0.493 e. The predicted molar refractivity (Wildman–Crippen MR) is 147 cm³/mol. The Labute approximate surface area is 230 Å². The van der Waals surface area contributed by atoms with E-state index in [0.29, 0.717) is 47.6 Å². The van der Waals surface area contributed by atoms with E-state index in [-0.39, 0.29) is 0 Å². The van der Waals surface area contributed by atoms with Gasteiger partial charge in [0.1, 0.15) is 0 Å². The molecule has 2 aromatic rings. The van der Waals surface area contributed by atoms with Gasteiger partial charge in [0.2, 0.25) is 11.5 Å². The second-order valence-corrected chi connectivity index (χ2v) is 7.81. The number of hydrogen-bond donors (Lipinski definition) is 4. The summed E-state index contributed by atoms with van der Waals surface area (Å²) in [5.41, 5.74) is 2.14. The summed E-state index contributed by atoms with van der Waals surface area (Å²) in [6.07, 6.45) is 0.981. The Morgan fingerprint density at radius 3 is 1.05 bits per heavy atom. The molecule has 12 heteroatoms. The first kappa shape index (κ1) is 35.1. The lowest BCUT2D eigenvalue weighted by molar-refractivity contribution is -0.135. The monoisotopic (exact) mass is 554 g/mol. The van der Waals surface area contributed by atoms with Crippen molar-refractivity contribution in [1.82, 2.24) is 10.6 Å². The van der Waals surface area contributed by atoms with Crippen LogP contribution < -0.4 is 39.1 Å². The summed E-state index contributed by atoms with van der Waals surface area (Å²) in [7, 11) is 9.68. The molecule has 0 amide bonds. The molecular weight excluding hydrogens is 512 g/mol. The Morgan fingerprint density at radius 1 is 0.590 bits per heavy atom. The van der Waals surface area contributed by atoms with Crippen molar-refractivity contribution in [2.24, 2.45) is 0 Å². The minimum atomic E-state index is -0.833. The molecule has 0 aliphatic heterocycles. The standard InChI is InChI=1S/C23H34N2O6.2C2H4O2/c1-26-18-10-16(11-19(27-2)22(18)30-5)14-24-8-7-9-25-15-17-12-20(28-3)23(31-6)21(13-17)29-4;2*1-2(3)4/h10-13,24-25H,7-9,14-15H2,1-6H3;2*1H3,(H,3,4). The van der Waals surface area contributed by atoms with Crippen molar-refractivity contribution in [3.05, 3.63) is 35.4 Å². The number of carboxylic acids is 2. The molecule has 0 aliphatic carbocycles. The van der Waals surface area contributed by atoms with Gasteiger partial charge in [-0.3, -0.25) is 9.59 Å². The predicted octanol–water partition coefficient (Wildman–Crippen LogP) is 3.19. The highest BCUT2D eigenvalue weighted by molar-refractivity contribution is 5.63. The first-order valence-corrected chi connectivity index (χ1v) is 12.0. The maximum absolute atomic E-state index is 9.00. The third-order valence-corrected chi connectivity index (χ3v) is 4.81. The zero-order valence-corrected chi connectivity index (χ0v) is 24.0. The smallest absolute Gasteiger partial charge is 0.300 e. The summed E-state index contributed by atoms with van der Waals surface area (Å²) in [4.78, 5) is 18.0. The van der Waals surface area contributed by atoms with Gasteiger partial charge in [-0.2, -0.15) is 0 Å². The third kappa shape index (κ3) is 14.0. The number of ether oxygens (including phenoxy) is 6. The van der Waals surface area contributed by atoms with Crippen molar-refractivity contribution in [2.75, 3.05) is 55.7 Å². The van der Waals surface area contributed by atoms with Gasteiger partial charge < -0.3 is 49.3 Å². The largest absolute Gasteiger partial charge is 0.493 e. The normalized spacial score (nSPS) is 9.64. The highest BCUT2D eigenvalue weighted by atomic mass is 16.5. The highest BCUT2D eigenvalue weighted by Gasteiger charge is 2.14. The second kappa shape index (κ2) is 20.1. The number of rotatable bonds is 14. The lowest BCUT2D eigenvalue weighted by atomic mass is 10.1. The fourth-order valence-electron chi connectivity index (χ4n) is 3.28. The van der Waals surface area contributed by atoms with E-state index in [9.17, 15) is 0 Å². The summed E-state index contributed by atoms with van der Waals surface area (Å²) in [5.74, 6) is 2.17. The molecule has 0 unspecified atom stereocenters. The van der Waals surface area contributed by atoms with Gasteiger partial charge in [0.15, 0.2) is 23.0 Å². The van der Waals surface area contributed by atoms with Gasteiger partial charge in [-0.25, -0.2) is 0 Å². The third-order valence-electron chi connectivity index (χ3n) is 4.81. The fraction of sp³-hybridized carbons (Fsp3) is 0.481. The molecule has 0 atom stereocenters. The highest BCUT2D eigenvalue weighted by Crippen LogP contribution is 2.39. The molecule has 39 heavy (non-hydrogen) atoms. The lowest BCUT2D eigenvalue weighted by Crippen LogP contribution is -2.21. The molecule has 0 bridgehead atoms. The first-order chi connectivity index (χ1) is 18.6. The number of carboxylic acid groups (broad SMARTS) is 2. The van der Waals surface area contributed by atoms with Crippen LogP contribution in [0.3, 0.4) is 0 Å². The number of benzene rings is 2. The van der Waals surface area contributed by atoms with Crippen molar-refractivity contribution in [2.45, 2.75) is 33.4 Å². The van der Waals surface area contributed by atoms with E-state index in [1.165, 1.54) is 0 Å². The van der Waals surface area contributed by atoms with Crippen LogP contribution >= 0.6 is 0 Å². The van der Waals surface area contributed by atoms with Gasteiger partial charge in [0.25, 0.3) is 11.9 Å². The zero-order valence-electron chi connectivity index (χ0n) is 24.0. The van der Waals surface area contributed by atoms with Gasteiger partial charge in [0.05, 0.1) is 42.7 Å². The Morgan fingerprint density at radius 2 is 0.846 bits per heavy atom. The molecular formula is C27H42N2O10. The molecule has 0 radical (unpaired) electrons. The molecule has 2 rings (SSSR count). The van der Waals surface area contributed by atoms with Crippen LogP contribution in [-0.2, 0) is 22.7 Å². The molecule has 0 heterocycles. The van der Waals surface area contributed by atoms with E-state index in [1.807, 2.05) is 24.3 Å². The molecule has 4 N–H and O–H groups in total. The van der Waals surface area contributed by atoms with E-state index in [1.54, 1.807) is 42.7 Å². The molecule has 2 aromatic carbocycles. The van der Waals surface area contributed by atoms with E-state index in [2.05, 4.69) is 10.6 Å². The van der Waals surface area contributed by atoms with Gasteiger partial charge in [-0.15, -0.1) is 0 Å². The maximum atomic E-state index is 9.00. The van der Waals surface area contributed by atoms with Crippen LogP contribution in [0.15, 0.2) is 24.3 Å². The molecule has 220 valence electrons. The summed E-state index contributed by atoms with van der Waals surface area (Å²) in [6.45, 7) is 5.34. The number of methoxy groups -OCH3 is 6. The minimum absolute atomic E-state index is 0.602. The Kier molecular flexibility index (Phi) is 18.1. The van der Waals surface area contributed by atoms with Crippen LogP contribution in [0.25, 0.3) is 0 Å². The average Bonchev–Trinajstić information content (AvgIpc) is 2.90. The summed E-state index contributed by atoms with van der Waals surface area (Å²) in [6, 6.07) is 7.82. The van der Waals surface area contributed by atoms with Gasteiger partial charge in [-0.1, -0.05) is 0 Å². The molecule has 0 fully saturated rings. The van der Waals surface area contributed by atoms with Crippen molar-refractivity contribution in [3.63, 3.8) is 0 Å². The number of nitrogens with one attached hydrogen (secondary N) is 2.